The van der Waals surface area contributed by atoms with Crippen molar-refractivity contribution in [2.75, 3.05) is 13.4 Å². The third-order valence-corrected chi connectivity index (χ3v) is 17.8. The summed E-state index contributed by atoms with van der Waals surface area (Å²) >= 11 is 0. The molecule has 12 heteroatoms. The number of carbonyl (C=O) groups is 2. The number of fused-ring (bicyclic) bond motifs is 8. The number of carboxylic acid groups (broad SMARTS) is 1. The second-order valence-corrected chi connectivity index (χ2v) is 23.6. The monoisotopic (exact) mass is 953 g/mol. The molecular formula is C56H76N2O9S. The zero-order chi connectivity index (χ0) is 48.2. The normalized spacial score (nSPS) is 30.9. The van der Waals surface area contributed by atoms with E-state index in [0.29, 0.717) is 11.9 Å². The highest BCUT2D eigenvalue weighted by atomic mass is 32.2. The minimum absolute atomic E-state index is 0.0152. The summed E-state index contributed by atoms with van der Waals surface area (Å²) in [5.74, 6) is 2.25. The van der Waals surface area contributed by atoms with Gasteiger partial charge in [-0.3, -0.25) is 13.8 Å². The van der Waals surface area contributed by atoms with E-state index in [1.165, 1.54) is 54.7 Å². The molecule has 8 aliphatic carbocycles. The summed E-state index contributed by atoms with van der Waals surface area (Å²) in [7, 11) is -1.74. The van der Waals surface area contributed by atoms with E-state index < -0.39 is 21.5 Å². The summed E-state index contributed by atoms with van der Waals surface area (Å²) in [5, 5.41) is 31.4. The maximum Gasteiger partial charge on any atom is 0.311 e. The summed E-state index contributed by atoms with van der Waals surface area (Å²) < 4.78 is 37.7. The van der Waals surface area contributed by atoms with Crippen LogP contribution in [0.3, 0.4) is 0 Å². The highest BCUT2D eigenvalue weighted by Crippen LogP contribution is 2.54. The van der Waals surface area contributed by atoms with Gasteiger partial charge in [-0.2, -0.15) is 8.42 Å². The van der Waals surface area contributed by atoms with Crippen LogP contribution < -0.4 is 15.4 Å². The lowest BCUT2D eigenvalue weighted by molar-refractivity contribution is -0.160. The van der Waals surface area contributed by atoms with Crippen molar-refractivity contribution in [3.63, 3.8) is 0 Å². The largest absolute Gasteiger partial charge is 0.508 e. The van der Waals surface area contributed by atoms with Crippen LogP contribution in [0.1, 0.15) is 153 Å². The number of hydrogen-bond acceptors (Lipinski definition) is 10. The van der Waals surface area contributed by atoms with E-state index in [1.54, 1.807) is 12.1 Å². The zero-order valence-electron chi connectivity index (χ0n) is 41.0. The number of rotatable bonds is 12. The highest BCUT2D eigenvalue weighted by Gasteiger charge is 2.53. The van der Waals surface area contributed by atoms with Gasteiger partial charge >= 0.3 is 11.9 Å². The number of ether oxygens (including phenoxy) is 2. The van der Waals surface area contributed by atoms with E-state index >= 15 is 0 Å². The number of nitrogens with one attached hydrogen (secondary N) is 2. The fraction of sp³-hybridized carbons (Fsp3) is 0.607. The summed E-state index contributed by atoms with van der Waals surface area (Å²) in [4.78, 5) is 23.8. The Bertz CT molecular complexity index is 2460. The van der Waals surface area contributed by atoms with E-state index in [0.717, 1.165) is 150 Å². The first-order chi connectivity index (χ1) is 32.5. The van der Waals surface area contributed by atoms with Crippen LogP contribution in [0.25, 0.3) is 21.5 Å². The van der Waals surface area contributed by atoms with Crippen LogP contribution in [-0.4, -0.2) is 67.2 Å². The molecule has 0 spiro atoms. The number of methoxy groups -OCH3 is 1. The van der Waals surface area contributed by atoms with Crippen molar-refractivity contribution in [3.05, 3.63) is 83.9 Å². The number of phenolic OH excluding ortho intramolecular Hbond substituents is 1. The molecule has 0 amide bonds. The van der Waals surface area contributed by atoms with Gasteiger partial charge in [0.25, 0.3) is 10.1 Å². The minimum Gasteiger partial charge on any atom is -0.508 e. The first-order valence-electron chi connectivity index (χ1n) is 25.6. The molecular weight excluding hydrogens is 877 g/mol. The van der Waals surface area contributed by atoms with Crippen LogP contribution >= 0.6 is 0 Å². The van der Waals surface area contributed by atoms with Crippen LogP contribution in [0.15, 0.2) is 72.8 Å². The Morgan fingerprint density at radius 1 is 0.588 bits per heavy atom. The molecule has 8 fully saturated rings. The van der Waals surface area contributed by atoms with E-state index in [9.17, 15) is 28.2 Å². The molecule has 8 saturated carbocycles. The quantitative estimate of drug-likeness (QED) is 0.0790. The van der Waals surface area contributed by atoms with Crippen LogP contribution in [0.5, 0.6) is 11.5 Å². The number of aliphatic carboxylic acids is 1. The van der Waals surface area contributed by atoms with E-state index in [1.807, 2.05) is 6.07 Å². The summed E-state index contributed by atoms with van der Waals surface area (Å²) in [6.45, 7) is 6.21. The SMILES string of the molecule is CC1CCC(OS(C)(=O)=O)CC1.CC1CCC(Oc2ccc3cc(CNC45CCC(C(=O)O)(CC4)CC5)ccc3c2)CC1.COC(=O)C12CCC(NCc3ccc4cc(O)ccc4c3)(CC1)CC2. The van der Waals surface area contributed by atoms with Gasteiger partial charge in [0.15, 0.2) is 0 Å². The molecule has 4 N–H and O–H groups in total. The maximum absolute atomic E-state index is 12.1. The Balaban J connectivity index is 0.000000151. The number of carbonyl (C=O) groups excluding carboxylic acids is 1. The van der Waals surface area contributed by atoms with Gasteiger partial charge < -0.3 is 30.3 Å². The van der Waals surface area contributed by atoms with E-state index in [2.05, 4.69) is 79.1 Å². The van der Waals surface area contributed by atoms with E-state index in [4.69, 9.17) is 13.7 Å². The van der Waals surface area contributed by atoms with Crippen molar-refractivity contribution < 1.29 is 41.9 Å². The average Bonchev–Trinajstić information content (AvgIpc) is 3.35. The molecule has 68 heavy (non-hydrogen) atoms. The number of esters is 1. The Hall–Kier alpha value is -4.23. The minimum atomic E-state index is -3.24. The van der Waals surface area contributed by atoms with Crippen molar-refractivity contribution in [1.29, 1.82) is 0 Å². The van der Waals surface area contributed by atoms with Gasteiger partial charge in [-0.05, 0) is 209 Å². The molecule has 370 valence electrons. The molecule has 0 unspecified atom stereocenters. The predicted molar refractivity (Wildman–Crippen MR) is 268 cm³/mol. The van der Waals surface area contributed by atoms with Crippen molar-refractivity contribution in [3.8, 4) is 11.5 Å². The number of aromatic hydroxyl groups is 1. The molecule has 0 atom stereocenters. The lowest BCUT2D eigenvalue weighted by Crippen LogP contribution is -2.56. The summed E-state index contributed by atoms with van der Waals surface area (Å²) in [5.41, 5.74) is 2.17. The van der Waals surface area contributed by atoms with Gasteiger partial charge in [0.1, 0.15) is 11.5 Å². The second-order valence-electron chi connectivity index (χ2n) is 22.0. The zero-order valence-corrected chi connectivity index (χ0v) is 41.8. The van der Waals surface area contributed by atoms with Crippen molar-refractivity contribution in [2.45, 2.75) is 179 Å². The smallest absolute Gasteiger partial charge is 0.311 e. The van der Waals surface area contributed by atoms with Crippen molar-refractivity contribution in [2.24, 2.45) is 22.7 Å². The molecule has 8 aliphatic rings. The van der Waals surface area contributed by atoms with Crippen LogP contribution in [0.2, 0.25) is 0 Å². The topological polar surface area (TPSA) is 160 Å². The van der Waals surface area contributed by atoms with E-state index in [-0.39, 0.29) is 28.6 Å². The first-order valence-corrected chi connectivity index (χ1v) is 27.4. The van der Waals surface area contributed by atoms with Gasteiger partial charge in [0.2, 0.25) is 0 Å². The average molecular weight is 953 g/mol. The first kappa shape index (κ1) is 50.2. The van der Waals surface area contributed by atoms with Crippen molar-refractivity contribution in [1.82, 2.24) is 10.6 Å². The molecule has 0 aliphatic heterocycles. The standard InChI is InChI=1S/C27H35NO3.C21H25NO3.C8H16O3S/c1-19-2-7-23(8-3-19)31-24-9-6-21-16-20(4-5-22(21)17-24)18-28-27-13-10-26(11-14-27,12-15-27)25(29)30;1-25-19(24)20-6-9-21(10-7-20,11-8-20)22-14-15-2-3-17-13-18(23)5-4-16(17)12-15;1-7-3-5-8(6-4-7)11-12(2,9)10/h4-6,9,16-17,19,23,28H,2-3,7-8,10-15,18H2,1H3,(H,29,30);2-5,12-13,22-23H,6-11,14H2,1H3;7-8H,3-6H2,1-2H3. The summed E-state index contributed by atoms with van der Waals surface area (Å²) in [6.07, 6.45) is 21.6. The third-order valence-electron chi connectivity index (χ3n) is 17.2. The molecule has 0 heterocycles. The molecule has 0 radical (unpaired) electrons. The number of carboxylic acids is 1. The summed E-state index contributed by atoms with van der Waals surface area (Å²) in [6, 6.07) is 25.0. The Morgan fingerprint density at radius 2 is 1.01 bits per heavy atom. The highest BCUT2D eigenvalue weighted by molar-refractivity contribution is 7.86. The molecule has 11 nitrogen and oxygen atoms in total. The van der Waals surface area contributed by atoms with Gasteiger partial charge in [0, 0.05) is 24.2 Å². The number of hydrogen-bond donors (Lipinski definition) is 4. The molecule has 4 aromatic carbocycles. The molecule has 12 rings (SSSR count). The fourth-order valence-corrected chi connectivity index (χ4v) is 13.0. The Morgan fingerprint density at radius 3 is 1.49 bits per heavy atom. The van der Waals surface area contributed by atoms with Crippen LogP contribution in [0, 0.1) is 22.7 Å². The van der Waals surface area contributed by atoms with Gasteiger partial charge in [-0.1, -0.05) is 50.2 Å². The molecule has 4 bridgehead atoms. The molecule has 0 saturated heterocycles. The Kier molecular flexibility index (Phi) is 15.5. The second kappa shape index (κ2) is 21.0. The Labute approximate surface area is 404 Å². The number of phenols is 1. The number of benzene rings is 4. The lowest BCUT2D eigenvalue weighted by atomic mass is 9.57. The molecule has 0 aromatic heterocycles. The van der Waals surface area contributed by atoms with Gasteiger partial charge in [0.05, 0.1) is 36.4 Å². The molecule has 4 aromatic rings. The van der Waals surface area contributed by atoms with Gasteiger partial charge in [-0.15, -0.1) is 0 Å². The predicted octanol–water partition coefficient (Wildman–Crippen LogP) is 11.5. The van der Waals surface area contributed by atoms with Gasteiger partial charge in [-0.25, -0.2) is 0 Å². The third kappa shape index (κ3) is 12.2. The van der Waals surface area contributed by atoms with Crippen molar-refractivity contribution >= 4 is 43.6 Å². The van der Waals surface area contributed by atoms with Crippen LogP contribution in [-0.2, 0) is 41.7 Å². The van der Waals surface area contributed by atoms with Crippen LogP contribution in [0.4, 0.5) is 0 Å². The lowest BCUT2D eigenvalue weighted by Gasteiger charge is -2.52. The fourth-order valence-electron chi connectivity index (χ4n) is 12.3. The maximum atomic E-state index is 12.1.